The van der Waals surface area contributed by atoms with Crippen molar-refractivity contribution >= 4 is 44.5 Å². The summed E-state index contributed by atoms with van der Waals surface area (Å²) in [6.07, 6.45) is 0.974. The number of anilines is 2. The molecule has 2 rings (SSSR count). The molecule has 0 fully saturated rings. The van der Waals surface area contributed by atoms with Gasteiger partial charge in [0.15, 0.2) is 0 Å². The van der Waals surface area contributed by atoms with Crippen LogP contribution in [0.5, 0.6) is 0 Å². The summed E-state index contributed by atoms with van der Waals surface area (Å²) in [4.78, 5) is 0.387. The van der Waals surface area contributed by atoms with E-state index in [4.69, 9.17) is 18.0 Å². The molecule has 98 valence electrons. The monoisotopic (exact) mass is 334 g/mol. The average molecular weight is 335 g/mol. The number of para-hydroxylation sites is 1. The fraction of sp³-hybridized carbons (Fsp3) is 0.133. The number of rotatable bonds is 4. The summed E-state index contributed by atoms with van der Waals surface area (Å²) in [7, 11) is 0. The van der Waals surface area contributed by atoms with Gasteiger partial charge in [0, 0.05) is 21.4 Å². The molecule has 0 aliphatic rings. The van der Waals surface area contributed by atoms with Gasteiger partial charge < -0.3 is 11.1 Å². The average Bonchev–Trinajstić information content (AvgIpc) is 2.41. The molecule has 0 radical (unpaired) electrons. The van der Waals surface area contributed by atoms with E-state index in [9.17, 15) is 0 Å². The minimum Gasteiger partial charge on any atom is -0.389 e. The van der Waals surface area contributed by atoms with Gasteiger partial charge in [-0.1, -0.05) is 53.3 Å². The van der Waals surface area contributed by atoms with Gasteiger partial charge in [-0.25, -0.2) is 0 Å². The first-order valence-electron chi connectivity index (χ1n) is 6.06. The minimum atomic E-state index is 0.387. The first-order valence-corrected chi connectivity index (χ1v) is 7.26. The predicted octanol–water partition coefficient (Wildman–Crippen LogP) is 4.39. The summed E-state index contributed by atoms with van der Waals surface area (Å²) in [6.45, 7) is 2.14. The summed E-state index contributed by atoms with van der Waals surface area (Å²) < 4.78 is 0.963. The molecular weight excluding hydrogens is 320 g/mol. The van der Waals surface area contributed by atoms with Gasteiger partial charge in [0.05, 0.1) is 0 Å². The molecule has 0 aliphatic carbocycles. The summed E-state index contributed by atoms with van der Waals surface area (Å²) >= 11 is 8.54. The highest BCUT2D eigenvalue weighted by atomic mass is 79.9. The Bertz CT molecular complexity index is 611. The van der Waals surface area contributed by atoms with Gasteiger partial charge in [0.1, 0.15) is 4.99 Å². The molecule has 2 aromatic carbocycles. The lowest BCUT2D eigenvalue weighted by Crippen LogP contribution is -2.12. The van der Waals surface area contributed by atoms with E-state index >= 15 is 0 Å². The Hall–Kier alpha value is -1.39. The van der Waals surface area contributed by atoms with Crippen LogP contribution in [0.4, 0.5) is 11.4 Å². The maximum Gasteiger partial charge on any atom is 0.106 e. The third kappa shape index (κ3) is 3.33. The van der Waals surface area contributed by atoms with E-state index in [0.29, 0.717) is 4.99 Å². The van der Waals surface area contributed by atoms with Crippen molar-refractivity contribution < 1.29 is 0 Å². The zero-order valence-electron chi connectivity index (χ0n) is 10.6. The molecule has 3 N–H and O–H groups in total. The molecule has 0 unspecified atom stereocenters. The van der Waals surface area contributed by atoms with E-state index in [-0.39, 0.29) is 0 Å². The highest BCUT2D eigenvalue weighted by molar-refractivity contribution is 9.10. The van der Waals surface area contributed by atoms with Crippen molar-refractivity contribution in [1.82, 2.24) is 0 Å². The molecule has 0 heterocycles. The molecule has 0 amide bonds. The Morgan fingerprint density at radius 2 is 1.95 bits per heavy atom. The molecule has 0 bridgehead atoms. The Labute approximate surface area is 127 Å². The van der Waals surface area contributed by atoms with Crippen molar-refractivity contribution in [3.63, 3.8) is 0 Å². The Balaban J connectivity index is 2.41. The van der Waals surface area contributed by atoms with Crippen molar-refractivity contribution in [2.45, 2.75) is 13.3 Å². The standard InChI is InChI=1S/C15H15BrN2S/c1-2-10-5-3-4-6-13(10)18-14-8-7-11(16)9-12(14)15(17)19/h3-9,18H,2H2,1H3,(H2,17,19). The Kier molecular flexibility index (Phi) is 4.56. The van der Waals surface area contributed by atoms with Gasteiger partial charge in [-0.05, 0) is 36.2 Å². The number of nitrogens with one attached hydrogen (secondary N) is 1. The molecule has 19 heavy (non-hydrogen) atoms. The zero-order valence-corrected chi connectivity index (χ0v) is 13.0. The fourth-order valence-electron chi connectivity index (χ4n) is 1.92. The summed E-state index contributed by atoms with van der Waals surface area (Å²) in [5.41, 5.74) is 9.90. The second-order valence-corrected chi connectivity index (χ2v) is 5.55. The van der Waals surface area contributed by atoms with Gasteiger partial charge in [0.2, 0.25) is 0 Å². The molecule has 0 aliphatic heterocycles. The van der Waals surface area contributed by atoms with Crippen molar-refractivity contribution in [3.8, 4) is 0 Å². The van der Waals surface area contributed by atoms with Gasteiger partial charge in [0.25, 0.3) is 0 Å². The van der Waals surface area contributed by atoms with E-state index in [0.717, 1.165) is 27.8 Å². The maximum absolute atomic E-state index is 5.78. The van der Waals surface area contributed by atoms with Crippen molar-refractivity contribution in [2.24, 2.45) is 5.73 Å². The van der Waals surface area contributed by atoms with Crippen LogP contribution in [0.15, 0.2) is 46.9 Å². The Morgan fingerprint density at radius 3 is 2.63 bits per heavy atom. The number of nitrogens with two attached hydrogens (primary N) is 1. The van der Waals surface area contributed by atoms with Crippen LogP contribution in [0.1, 0.15) is 18.1 Å². The van der Waals surface area contributed by atoms with Crippen LogP contribution in [0.2, 0.25) is 0 Å². The quantitative estimate of drug-likeness (QED) is 0.814. The van der Waals surface area contributed by atoms with Gasteiger partial charge in [-0.3, -0.25) is 0 Å². The Morgan fingerprint density at radius 1 is 1.21 bits per heavy atom. The normalized spacial score (nSPS) is 10.2. The zero-order chi connectivity index (χ0) is 13.8. The molecule has 0 aromatic heterocycles. The highest BCUT2D eigenvalue weighted by Gasteiger charge is 2.08. The lowest BCUT2D eigenvalue weighted by Gasteiger charge is -2.14. The lowest BCUT2D eigenvalue weighted by atomic mass is 10.1. The third-order valence-corrected chi connectivity index (χ3v) is 3.63. The molecule has 0 spiro atoms. The molecule has 2 nitrogen and oxygen atoms in total. The maximum atomic E-state index is 5.78. The number of benzene rings is 2. The van der Waals surface area contributed by atoms with Crippen LogP contribution in [-0.4, -0.2) is 4.99 Å². The number of hydrogen-bond donors (Lipinski definition) is 2. The predicted molar refractivity (Wildman–Crippen MR) is 89.1 cm³/mol. The van der Waals surface area contributed by atoms with Crippen molar-refractivity contribution in [2.75, 3.05) is 5.32 Å². The number of aryl methyl sites for hydroxylation is 1. The highest BCUT2D eigenvalue weighted by Crippen LogP contribution is 2.26. The first kappa shape index (κ1) is 14.0. The summed E-state index contributed by atoms with van der Waals surface area (Å²) in [5, 5.41) is 3.41. The van der Waals surface area contributed by atoms with Gasteiger partial charge >= 0.3 is 0 Å². The van der Waals surface area contributed by atoms with E-state index in [1.807, 2.05) is 30.3 Å². The molecule has 2 aromatic rings. The third-order valence-electron chi connectivity index (χ3n) is 2.91. The van der Waals surface area contributed by atoms with Crippen LogP contribution >= 0.6 is 28.1 Å². The summed E-state index contributed by atoms with van der Waals surface area (Å²) in [6, 6.07) is 14.1. The smallest absolute Gasteiger partial charge is 0.106 e. The molecule has 0 atom stereocenters. The molecule has 0 saturated heterocycles. The van der Waals surface area contributed by atoms with Gasteiger partial charge in [-0.2, -0.15) is 0 Å². The summed E-state index contributed by atoms with van der Waals surface area (Å²) in [5.74, 6) is 0. The molecular formula is C15H15BrN2S. The topological polar surface area (TPSA) is 38.0 Å². The van der Waals surface area contributed by atoms with Crippen LogP contribution in [0.3, 0.4) is 0 Å². The van der Waals surface area contributed by atoms with Gasteiger partial charge in [-0.15, -0.1) is 0 Å². The number of halogens is 1. The molecule has 0 saturated carbocycles. The van der Waals surface area contributed by atoms with E-state index in [2.05, 4.69) is 40.3 Å². The van der Waals surface area contributed by atoms with E-state index < -0.39 is 0 Å². The fourth-order valence-corrected chi connectivity index (χ4v) is 2.45. The lowest BCUT2D eigenvalue weighted by molar-refractivity contribution is 1.14. The minimum absolute atomic E-state index is 0.387. The van der Waals surface area contributed by atoms with E-state index in [1.165, 1.54) is 5.56 Å². The van der Waals surface area contributed by atoms with Crippen LogP contribution in [0, 0.1) is 0 Å². The molecule has 4 heteroatoms. The largest absolute Gasteiger partial charge is 0.389 e. The van der Waals surface area contributed by atoms with Crippen molar-refractivity contribution in [1.29, 1.82) is 0 Å². The number of hydrogen-bond acceptors (Lipinski definition) is 2. The van der Waals surface area contributed by atoms with Crippen LogP contribution in [0.25, 0.3) is 0 Å². The second kappa shape index (κ2) is 6.17. The van der Waals surface area contributed by atoms with Crippen LogP contribution < -0.4 is 11.1 Å². The van der Waals surface area contributed by atoms with E-state index in [1.54, 1.807) is 0 Å². The second-order valence-electron chi connectivity index (χ2n) is 4.19. The number of thiocarbonyl (C=S) groups is 1. The van der Waals surface area contributed by atoms with Crippen molar-refractivity contribution in [3.05, 3.63) is 58.1 Å². The SMILES string of the molecule is CCc1ccccc1Nc1ccc(Br)cc1C(N)=S. The van der Waals surface area contributed by atoms with Crippen LogP contribution in [-0.2, 0) is 6.42 Å². The first-order chi connectivity index (χ1) is 9.11.